The van der Waals surface area contributed by atoms with Crippen LogP contribution in [0.3, 0.4) is 0 Å². The minimum absolute atomic E-state index is 0.0574. The van der Waals surface area contributed by atoms with Gasteiger partial charge in [0.05, 0.1) is 0 Å². The molecule has 0 aromatic carbocycles. The zero-order valence-electron chi connectivity index (χ0n) is 10.7. The van der Waals surface area contributed by atoms with Gasteiger partial charge in [0.25, 0.3) is 0 Å². The van der Waals surface area contributed by atoms with E-state index in [9.17, 15) is 9.59 Å². The van der Waals surface area contributed by atoms with E-state index in [1.807, 2.05) is 6.92 Å². The second-order valence-electron chi connectivity index (χ2n) is 4.74. The molecule has 1 amide bonds. The third-order valence-electron chi connectivity index (χ3n) is 2.46. The monoisotopic (exact) mass is 229 g/mol. The molecule has 0 saturated carbocycles. The molecule has 0 aromatic heterocycles. The van der Waals surface area contributed by atoms with E-state index in [0.29, 0.717) is 24.8 Å². The van der Waals surface area contributed by atoms with Gasteiger partial charge in [0.15, 0.2) is 0 Å². The van der Waals surface area contributed by atoms with Crippen LogP contribution in [0.1, 0.15) is 40.5 Å². The molecule has 0 aliphatic rings. The SMILES string of the molecule is CCN(CC(=O)O)C(=O)CC(C)CC(C)C. The highest BCUT2D eigenvalue weighted by molar-refractivity contribution is 5.81. The van der Waals surface area contributed by atoms with Crippen LogP contribution in [0.15, 0.2) is 0 Å². The summed E-state index contributed by atoms with van der Waals surface area (Å²) in [6.45, 7) is 8.34. The predicted octanol–water partition coefficient (Wildman–Crippen LogP) is 1.99. The third kappa shape index (κ3) is 6.43. The first-order valence-electron chi connectivity index (χ1n) is 5.86. The van der Waals surface area contributed by atoms with Crippen LogP contribution in [0.5, 0.6) is 0 Å². The Morgan fingerprint density at radius 3 is 2.19 bits per heavy atom. The second kappa shape index (κ2) is 7.25. The van der Waals surface area contributed by atoms with E-state index in [2.05, 4.69) is 13.8 Å². The Kier molecular flexibility index (Phi) is 6.77. The van der Waals surface area contributed by atoms with E-state index in [1.165, 1.54) is 4.90 Å². The van der Waals surface area contributed by atoms with Crippen molar-refractivity contribution in [1.29, 1.82) is 0 Å². The smallest absolute Gasteiger partial charge is 0.323 e. The Hall–Kier alpha value is -1.06. The van der Waals surface area contributed by atoms with Crippen LogP contribution >= 0.6 is 0 Å². The van der Waals surface area contributed by atoms with Gasteiger partial charge in [0, 0.05) is 13.0 Å². The molecular formula is C12H23NO3. The summed E-state index contributed by atoms with van der Waals surface area (Å²) in [5, 5.41) is 8.65. The molecule has 1 atom stereocenters. The zero-order valence-corrected chi connectivity index (χ0v) is 10.7. The first-order valence-corrected chi connectivity index (χ1v) is 5.86. The van der Waals surface area contributed by atoms with Gasteiger partial charge in [0.2, 0.25) is 5.91 Å². The van der Waals surface area contributed by atoms with Gasteiger partial charge >= 0.3 is 5.97 Å². The van der Waals surface area contributed by atoms with Gasteiger partial charge in [0.1, 0.15) is 6.54 Å². The normalized spacial score (nSPS) is 12.6. The molecule has 4 nitrogen and oxygen atoms in total. The fourth-order valence-corrected chi connectivity index (χ4v) is 1.85. The van der Waals surface area contributed by atoms with Crippen molar-refractivity contribution < 1.29 is 14.7 Å². The fourth-order valence-electron chi connectivity index (χ4n) is 1.85. The first-order chi connectivity index (χ1) is 7.36. The highest BCUT2D eigenvalue weighted by Gasteiger charge is 2.17. The lowest BCUT2D eigenvalue weighted by atomic mass is 9.95. The van der Waals surface area contributed by atoms with Crippen molar-refractivity contribution in [2.45, 2.75) is 40.5 Å². The Labute approximate surface area is 97.6 Å². The van der Waals surface area contributed by atoms with Crippen LogP contribution in [0.4, 0.5) is 0 Å². The van der Waals surface area contributed by atoms with Gasteiger partial charge in [-0.15, -0.1) is 0 Å². The van der Waals surface area contributed by atoms with Crippen molar-refractivity contribution in [1.82, 2.24) is 4.90 Å². The molecule has 0 heterocycles. The molecule has 16 heavy (non-hydrogen) atoms. The van der Waals surface area contributed by atoms with Crippen LogP contribution < -0.4 is 0 Å². The van der Waals surface area contributed by atoms with E-state index in [1.54, 1.807) is 6.92 Å². The highest BCUT2D eigenvalue weighted by Crippen LogP contribution is 2.15. The lowest BCUT2D eigenvalue weighted by Crippen LogP contribution is -2.36. The molecule has 0 aromatic rings. The number of carbonyl (C=O) groups is 2. The van der Waals surface area contributed by atoms with E-state index >= 15 is 0 Å². The molecule has 0 radical (unpaired) electrons. The van der Waals surface area contributed by atoms with Crippen molar-refractivity contribution in [3.8, 4) is 0 Å². The average molecular weight is 229 g/mol. The number of aliphatic carboxylic acids is 1. The van der Waals surface area contributed by atoms with Crippen molar-refractivity contribution in [2.24, 2.45) is 11.8 Å². The Morgan fingerprint density at radius 2 is 1.81 bits per heavy atom. The zero-order chi connectivity index (χ0) is 12.7. The first kappa shape index (κ1) is 14.9. The number of hydrogen-bond donors (Lipinski definition) is 1. The van der Waals surface area contributed by atoms with Gasteiger partial charge in [-0.2, -0.15) is 0 Å². The summed E-state index contributed by atoms with van der Waals surface area (Å²) in [5.41, 5.74) is 0. The maximum Gasteiger partial charge on any atom is 0.323 e. The molecule has 1 N–H and O–H groups in total. The van der Waals surface area contributed by atoms with Crippen LogP contribution in [-0.2, 0) is 9.59 Å². The maximum absolute atomic E-state index is 11.8. The molecule has 4 heteroatoms. The van der Waals surface area contributed by atoms with E-state index < -0.39 is 5.97 Å². The molecule has 0 fully saturated rings. The summed E-state index contributed by atoms with van der Waals surface area (Å²) in [7, 11) is 0. The van der Waals surface area contributed by atoms with Crippen molar-refractivity contribution in [2.75, 3.05) is 13.1 Å². The average Bonchev–Trinajstić information content (AvgIpc) is 2.11. The second-order valence-corrected chi connectivity index (χ2v) is 4.74. The van der Waals surface area contributed by atoms with Crippen molar-refractivity contribution in [3.63, 3.8) is 0 Å². The molecule has 0 spiro atoms. The van der Waals surface area contributed by atoms with Gasteiger partial charge < -0.3 is 10.0 Å². The number of nitrogens with zero attached hydrogens (tertiary/aromatic N) is 1. The lowest BCUT2D eigenvalue weighted by Gasteiger charge is -2.21. The number of likely N-dealkylation sites (N-methyl/N-ethyl adjacent to an activating group) is 1. The molecule has 0 rings (SSSR count). The quantitative estimate of drug-likeness (QED) is 0.726. The summed E-state index contributed by atoms with van der Waals surface area (Å²) < 4.78 is 0. The van der Waals surface area contributed by atoms with E-state index in [4.69, 9.17) is 5.11 Å². The number of amides is 1. The van der Waals surface area contributed by atoms with E-state index in [-0.39, 0.29) is 12.5 Å². The van der Waals surface area contributed by atoms with Crippen LogP contribution in [0.25, 0.3) is 0 Å². The molecule has 0 saturated heterocycles. The van der Waals surface area contributed by atoms with Crippen molar-refractivity contribution in [3.05, 3.63) is 0 Å². The Morgan fingerprint density at radius 1 is 1.25 bits per heavy atom. The standard InChI is InChI=1S/C12H23NO3/c1-5-13(8-12(15)16)11(14)7-10(4)6-9(2)3/h9-10H,5-8H2,1-4H3,(H,15,16). The van der Waals surface area contributed by atoms with Gasteiger partial charge in [-0.1, -0.05) is 20.8 Å². The number of carboxylic acid groups (broad SMARTS) is 1. The fraction of sp³-hybridized carbons (Fsp3) is 0.833. The minimum Gasteiger partial charge on any atom is -0.480 e. The Balaban J connectivity index is 4.15. The van der Waals surface area contributed by atoms with Gasteiger partial charge in [-0.3, -0.25) is 9.59 Å². The largest absolute Gasteiger partial charge is 0.480 e. The maximum atomic E-state index is 11.8. The van der Waals surface area contributed by atoms with E-state index in [0.717, 1.165) is 6.42 Å². The third-order valence-corrected chi connectivity index (χ3v) is 2.46. The number of carboxylic acids is 1. The minimum atomic E-state index is -0.952. The van der Waals surface area contributed by atoms with Crippen LogP contribution in [-0.4, -0.2) is 35.0 Å². The molecule has 0 aliphatic heterocycles. The van der Waals surface area contributed by atoms with Gasteiger partial charge in [-0.25, -0.2) is 0 Å². The highest BCUT2D eigenvalue weighted by atomic mass is 16.4. The number of rotatable bonds is 7. The Bertz CT molecular complexity index is 238. The predicted molar refractivity (Wildman–Crippen MR) is 63.1 cm³/mol. The molecule has 0 bridgehead atoms. The summed E-state index contributed by atoms with van der Waals surface area (Å²) >= 11 is 0. The lowest BCUT2D eigenvalue weighted by molar-refractivity contribution is -0.144. The summed E-state index contributed by atoms with van der Waals surface area (Å²) in [4.78, 5) is 23.7. The topological polar surface area (TPSA) is 57.6 Å². The van der Waals surface area contributed by atoms with Crippen LogP contribution in [0.2, 0.25) is 0 Å². The number of carbonyl (C=O) groups excluding carboxylic acids is 1. The molecule has 0 aliphatic carbocycles. The summed E-state index contributed by atoms with van der Waals surface area (Å²) in [6.07, 6.45) is 1.44. The van der Waals surface area contributed by atoms with Gasteiger partial charge in [-0.05, 0) is 25.2 Å². The van der Waals surface area contributed by atoms with Crippen molar-refractivity contribution >= 4 is 11.9 Å². The molecule has 1 unspecified atom stereocenters. The summed E-state index contributed by atoms with van der Waals surface area (Å²) in [6, 6.07) is 0. The molecular weight excluding hydrogens is 206 g/mol. The van der Waals surface area contributed by atoms with Crippen LogP contribution in [0, 0.1) is 11.8 Å². The molecule has 94 valence electrons. The number of hydrogen-bond acceptors (Lipinski definition) is 2. The summed E-state index contributed by atoms with van der Waals surface area (Å²) in [5.74, 6) is -0.127.